The monoisotopic (exact) mass is 849 g/mol. The van der Waals surface area contributed by atoms with Crippen LogP contribution in [0.1, 0.15) is 226 Å². The molecule has 0 amide bonds. The largest absolute Gasteiger partial charge is 0.462 e. The Balaban J connectivity index is 4.50. The number of hydrogen-bond acceptors (Lipinski definition) is 6. The second kappa shape index (κ2) is 49.2. The van der Waals surface area contributed by atoms with Gasteiger partial charge in [-0.3, -0.25) is 14.4 Å². The fourth-order valence-electron chi connectivity index (χ4n) is 6.54. The number of esters is 3. The predicted octanol–water partition coefficient (Wildman–Crippen LogP) is 16.4. The quantitative estimate of drug-likeness (QED) is 0.0200. The Morgan fingerprint density at radius 2 is 0.672 bits per heavy atom. The van der Waals surface area contributed by atoms with E-state index in [2.05, 4.69) is 106 Å². The maximum atomic E-state index is 12.8. The first-order valence-electron chi connectivity index (χ1n) is 25.1. The zero-order valence-electron chi connectivity index (χ0n) is 39.7. The van der Waals surface area contributed by atoms with Gasteiger partial charge in [0.15, 0.2) is 6.10 Å². The Kier molecular flexibility index (Phi) is 46.5. The third-order valence-corrected chi connectivity index (χ3v) is 10.4. The molecule has 0 heterocycles. The van der Waals surface area contributed by atoms with Crippen LogP contribution in [0.4, 0.5) is 0 Å². The summed E-state index contributed by atoms with van der Waals surface area (Å²) in [4.78, 5) is 37.9. The average molecular weight is 849 g/mol. The molecule has 0 aromatic heterocycles. The van der Waals surface area contributed by atoms with Crippen molar-refractivity contribution in [1.82, 2.24) is 0 Å². The van der Waals surface area contributed by atoms with Gasteiger partial charge in [-0.2, -0.15) is 0 Å². The molecular formula is C55H92O6. The van der Waals surface area contributed by atoms with Gasteiger partial charge in [0, 0.05) is 19.3 Å². The van der Waals surface area contributed by atoms with Crippen LogP contribution in [0.3, 0.4) is 0 Å². The Morgan fingerprint density at radius 1 is 0.344 bits per heavy atom. The summed E-state index contributed by atoms with van der Waals surface area (Å²) in [6.45, 7) is 6.46. The van der Waals surface area contributed by atoms with Crippen LogP contribution in [-0.2, 0) is 28.6 Å². The van der Waals surface area contributed by atoms with E-state index >= 15 is 0 Å². The van der Waals surface area contributed by atoms with E-state index in [-0.39, 0.29) is 37.5 Å². The molecule has 0 aliphatic rings. The lowest BCUT2D eigenvalue weighted by atomic mass is 10.1. The highest BCUT2D eigenvalue weighted by atomic mass is 16.6. The van der Waals surface area contributed by atoms with Crippen molar-refractivity contribution in [3.8, 4) is 0 Å². The molecule has 1 atom stereocenters. The normalized spacial score (nSPS) is 12.8. The smallest absolute Gasteiger partial charge is 0.306 e. The zero-order chi connectivity index (χ0) is 44.4. The molecule has 0 radical (unpaired) electrons. The first kappa shape index (κ1) is 57.6. The summed E-state index contributed by atoms with van der Waals surface area (Å²) in [6.07, 6.45) is 62.8. The summed E-state index contributed by atoms with van der Waals surface area (Å²) in [7, 11) is 0. The lowest BCUT2D eigenvalue weighted by Gasteiger charge is -2.18. The number of hydrogen-bond donors (Lipinski definition) is 0. The number of allylic oxidation sites excluding steroid dienone is 14. The van der Waals surface area contributed by atoms with Crippen molar-refractivity contribution in [2.75, 3.05) is 13.2 Å². The molecule has 0 aromatic carbocycles. The van der Waals surface area contributed by atoms with Gasteiger partial charge in [0.1, 0.15) is 13.2 Å². The number of carbonyl (C=O) groups excluding carboxylic acids is 3. The topological polar surface area (TPSA) is 78.9 Å². The highest BCUT2D eigenvalue weighted by Crippen LogP contribution is 2.12. The lowest BCUT2D eigenvalue weighted by Crippen LogP contribution is -2.30. The van der Waals surface area contributed by atoms with Crippen molar-refractivity contribution in [1.29, 1.82) is 0 Å². The van der Waals surface area contributed by atoms with E-state index in [0.29, 0.717) is 19.3 Å². The van der Waals surface area contributed by atoms with Gasteiger partial charge in [-0.15, -0.1) is 0 Å². The minimum atomic E-state index is -0.813. The van der Waals surface area contributed by atoms with E-state index in [1.807, 2.05) is 0 Å². The van der Waals surface area contributed by atoms with Gasteiger partial charge in [0.2, 0.25) is 0 Å². The van der Waals surface area contributed by atoms with Gasteiger partial charge in [0.05, 0.1) is 0 Å². The second-order valence-electron chi connectivity index (χ2n) is 16.4. The third kappa shape index (κ3) is 47.5. The Labute approximate surface area is 375 Å². The van der Waals surface area contributed by atoms with Crippen LogP contribution >= 0.6 is 0 Å². The standard InChI is InChI=1S/C55H92O6/c1-4-7-10-13-16-19-22-24-26-27-29-30-33-36-39-42-45-48-54(57)60-51-52(50-59-53(56)47-44-41-38-35-32-21-18-15-12-9-6-3)61-55(58)49-46-43-40-37-34-31-28-25-23-20-17-14-11-8-5-2/h15,17-18,20-21,23-26,29-30,32,36,39,52H,4-14,16,19,22,27-28,31,33-35,37-38,40-51H2,1-3H3/b18-15-,20-17-,25-23-,26-24-,30-29-,32-21-,39-36-. The van der Waals surface area contributed by atoms with Crippen LogP contribution in [-0.4, -0.2) is 37.2 Å². The molecule has 0 N–H and O–H groups in total. The fourth-order valence-corrected chi connectivity index (χ4v) is 6.54. The van der Waals surface area contributed by atoms with Crippen LogP contribution < -0.4 is 0 Å². The van der Waals surface area contributed by atoms with Crippen LogP contribution in [0.5, 0.6) is 0 Å². The molecule has 0 aliphatic heterocycles. The molecular weight excluding hydrogens is 757 g/mol. The summed E-state index contributed by atoms with van der Waals surface area (Å²) < 4.78 is 16.7. The van der Waals surface area contributed by atoms with E-state index < -0.39 is 6.10 Å². The highest BCUT2D eigenvalue weighted by molar-refractivity contribution is 5.71. The maximum Gasteiger partial charge on any atom is 0.306 e. The van der Waals surface area contributed by atoms with Crippen molar-refractivity contribution in [2.24, 2.45) is 0 Å². The van der Waals surface area contributed by atoms with E-state index in [0.717, 1.165) is 83.5 Å². The number of carbonyl (C=O) groups is 3. The molecule has 348 valence electrons. The van der Waals surface area contributed by atoms with Crippen LogP contribution in [0, 0.1) is 0 Å². The Bertz CT molecular complexity index is 1200. The number of unbranched alkanes of at least 4 members (excludes halogenated alkanes) is 21. The summed E-state index contributed by atoms with van der Waals surface area (Å²) in [6, 6.07) is 0. The maximum absolute atomic E-state index is 12.8. The van der Waals surface area contributed by atoms with Crippen molar-refractivity contribution < 1.29 is 28.6 Å². The molecule has 0 spiro atoms. The van der Waals surface area contributed by atoms with Crippen molar-refractivity contribution >= 4 is 17.9 Å². The minimum absolute atomic E-state index is 0.112. The van der Waals surface area contributed by atoms with Gasteiger partial charge in [-0.1, -0.05) is 196 Å². The van der Waals surface area contributed by atoms with Gasteiger partial charge in [0.25, 0.3) is 0 Å². The van der Waals surface area contributed by atoms with E-state index in [4.69, 9.17) is 14.2 Å². The minimum Gasteiger partial charge on any atom is -0.462 e. The molecule has 6 nitrogen and oxygen atoms in total. The van der Waals surface area contributed by atoms with Gasteiger partial charge < -0.3 is 14.2 Å². The van der Waals surface area contributed by atoms with Crippen LogP contribution in [0.15, 0.2) is 85.1 Å². The highest BCUT2D eigenvalue weighted by Gasteiger charge is 2.19. The number of rotatable bonds is 44. The van der Waals surface area contributed by atoms with Gasteiger partial charge >= 0.3 is 17.9 Å². The molecule has 0 fully saturated rings. The van der Waals surface area contributed by atoms with E-state index in [9.17, 15) is 14.4 Å². The molecule has 61 heavy (non-hydrogen) atoms. The predicted molar refractivity (Wildman–Crippen MR) is 261 cm³/mol. The van der Waals surface area contributed by atoms with Crippen LogP contribution in [0.2, 0.25) is 0 Å². The second-order valence-corrected chi connectivity index (χ2v) is 16.4. The van der Waals surface area contributed by atoms with Gasteiger partial charge in [-0.05, 0) is 96.3 Å². The molecule has 0 aliphatic carbocycles. The van der Waals surface area contributed by atoms with E-state index in [1.54, 1.807) is 0 Å². The average Bonchev–Trinajstić information content (AvgIpc) is 3.26. The molecule has 1 unspecified atom stereocenters. The molecule has 0 bridgehead atoms. The SMILES string of the molecule is CCCC/C=C\C=C/CCCCCC(=O)OCC(COC(=O)CCC/C=C\C/C=C\C/C=C\CCCCCCCC)OC(=O)CCCCCCCC/C=C\C=C/CCCCC. The van der Waals surface area contributed by atoms with Crippen molar-refractivity contribution in [3.05, 3.63) is 85.1 Å². The summed E-state index contributed by atoms with van der Waals surface area (Å²) >= 11 is 0. The lowest BCUT2D eigenvalue weighted by molar-refractivity contribution is -0.167. The van der Waals surface area contributed by atoms with Gasteiger partial charge in [-0.25, -0.2) is 0 Å². The first-order chi connectivity index (χ1) is 30.0. The molecule has 0 rings (SSSR count). The number of ether oxygens (including phenoxy) is 3. The zero-order valence-corrected chi connectivity index (χ0v) is 39.7. The van der Waals surface area contributed by atoms with E-state index in [1.165, 1.54) is 96.3 Å². The Hall–Kier alpha value is -3.41. The Morgan fingerprint density at radius 3 is 1.18 bits per heavy atom. The first-order valence-corrected chi connectivity index (χ1v) is 25.1. The molecule has 0 aromatic rings. The fraction of sp³-hybridized carbons (Fsp3) is 0.691. The van der Waals surface area contributed by atoms with Crippen LogP contribution in [0.25, 0.3) is 0 Å². The summed E-state index contributed by atoms with van der Waals surface area (Å²) in [5.41, 5.74) is 0. The van der Waals surface area contributed by atoms with Crippen molar-refractivity contribution in [2.45, 2.75) is 232 Å². The van der Waals surface area contributed by atoms with Crippen molar-refractivity contribution in [3.63, 3.8) is 0 Å². The molecule has 0 saturated heterocycles. The molecule has 6 heteroatoms. The summed E-state index contributed by atoms with van der Waals surface area (Å²) in [5.74, 6) is -1.01. The third-order valence-electron chi connectivity index (χ3n) is 10.4. The summed E-state index contributed by atoms with van der Waals surface area (Å²) in [5, 5.41) is 0. The molecule has 0 saturated carbocycles.